The molecule has 0 aliphatic heterocycles. The summed E-state index contributed by atoms with van der Waals surface area (Å²) in [4.78, 5) is 13.1. The van der Waals surface area contributed by atoms with Crippen molar-refractivity contribution in [1.82, 2.24) is 4.90 Å². The number of likely N-dealkylation sites (N-methyl/N-ethyl adjacent to an activating group) is 1. The number of benzene rings is 1. The van der Waals surface area contributed by atoms with Crippen LogP contribution in [-0.2, 0) is 4.79 Å². The zero-order valence-electron chi connectivity index (χ0n) is 9.88. The molecule has 3 nitrogen and oxygen atoms in total. The molecule has 88 valence electrons. The maximum atomic E-state index is 13.0. The Morgan fingerprint density at radius 1 is 1.44 bits per heavy atom. The number of hydrogen-bond acceptors (Lipinski definition) is 2. The number of carbonyl (C=O) groups is 1. The van der Waals surface area contributed by atoms with E-state index in [-0.39, 0.29) is 18.3 Å². The summed E-state index contributed by atoms with van der Waals surface area (Å²) in [6.45, 7) is 4.58. The number of halogens is 1. The molecule has 0 aromatic heterocycles. The van der Waals surface area contributed by atoms with Gasteiger partial charge in [-0.15, -0.1) is 0 Å². The van der Waals surface area contributed by atoms with Crippen LogP contribution in [0.2, 0.25) is 0 Å². The van der Waals surface area contributed by atoms with Gasteiger partial charge in [-0.3, -0.25) is 4.79 Å². The topological polar surface area (TPSA) is 32.3 Å². The highest BCUT2D eigenvalue weighted by molar-refractivity contribution is 5.80. The predicted octanol–water partition coefficient (Wildman–Crippen LogP) is 2.02. The average Bonchev–Trinajstić information content (AvgIpc) is 2.23. The van der Waals surface area contributed by atoms with Gasteiger partial charge in [-0.1, -0.05) is 0 Å². The molecule has 0 radical (unpaired) electrons. The van der Waals surface area contributed by atoms with E-state index in [1.54, 1.807) is 11.9 Å². The second-order valence-electron chi connectivity index (χ2n) is 3.78. The first-order valence-electron chi connectivity index (χ1n) is 5.28. The van der Waals surface area contributed by atoms with Crippen molar-refractivity contribution in [3.63, 3.8) is 0 Å². The van der Waals surface area contributed by atoms with Gasteiger partial charge in [0.05, 0.1) is 6.54 Å². The largest absolute Gasteiger partial charge is 0.376 e. The summed E-state index contributed by atoms with van der Waals surface area (Å²) < 4.78 is 13.0. The summed E-state index contributed by atoms with van der Waals surface area (Å²) >= 11 is 0. The monoisotopic (exact) mass is 224 g/mol. The minimum Gasteiger partial charge on any atom is -0.376 e. The van der Waals surface area contributed by atoms with Gasteiger partial charge in [-0.05, 0) is 37.6 Å². The van der Waals surface area contributed by atoms with E-state index in [9.17, 15) is 9.18 Å². The lowest BCUT2D eigenvalue weighted by Gasteiger charge is -2.15. The number of nitrogens with one attached hydrogen (secondary N) is 1. The summed E-state index contributed by atoms with van der Waals surface area (Å²) in [5.74, 6) is -0.303. The van der Waals surface area contributed by atoms with Crippen molar-refractivity contribution in [1.29, 1.82) is 0 Å². The van der Waals surface area contributed by atoms with E-state index in [1.807, 2.05) is 19.9 Å². The second kappa shape index (κ2) is 5.49. The molecule has 0 atom stereocenters. The van der Waals surface area contributed by atoms with Crippen molar-refractivity contribution < 1.29 is 9.18 Å². The molecule has 0 spiro atoms. The molecule has 1 aromatic rings. The highest BCUT2D eigenvalue weighted by Gasteiger charge is 2.06. The van der Waals surface area contributed by atoms with Crippen LogP contribution in [-0.4, -0.2) is 30.9 Å². The minimum absolute atomic E-state index is 0.00980. The smallest absolute Gasteiger partial charge is 0.241 e. The van der Waals surface area contributed by atoms with Crippen LogP contribution in [0.1, 0.15) is 12.5 Å². The van der Waals surface area contributed by atoms with Crippen molar-refractivity contribution in [3.05, 3.63) is 29.6 Å². The molecule has 0 saturated carbocycles. The van der Waals surface area contributed by atoms with E-state index in [0.29, 0.717) is 12.2 Å². The minimum atomic E-state index is -0.293. The van der Waals surface area contributed by atoms with Gasteiger partial charge in [0.25, 0.3) is 0 Å². The predicted molar refractivity (Wildman–Crippen MR) is 62.9 cm³/mol. The molecule has 1 N–H and O–H groups in total. The summed E-state index contributed by atoms with van der Waals surface area (Å²) in [7, 11) is 1.74. The quantitative estimate of drug-likeness (QED) is 0.848. The number of aryl methyl sites for hydroxylation is 1. The fraction of sp³-hybridized carbons (Fsp3) is 0.417. The Morgan fingerprint density at radius 2 is 2.12 bits per heavy atom. The SMILES string of the molecule is CCN(C)C(=O)CNc1cc(C)cc(F)c1. The number of amides is 1. The van der Waals surface area contributed by atoms with E-state index in [4.69, 9.17) is 0 Å². The first-order valence-corrected chi connectivity index (χ1v) is 5.28. The van der Waals surface area contributed by atoms with Gasteiger partial charge in [-0.25, -0.2) is 4.39 Å². The lowest BCUT2D eigenvalue weighted by atomic mass is 10.2. The average molecular weight is 224 g/mol. The van der Waals surface area contributed by atoms with E-state index < -0.39 is 0 Å². The van der Waals surface area contributed by atoms with Crippen LogP contribution in [0, 0.1) is 12.7 Å². The van der Waals surface area contributed by atoms with Gasteiger partial charge >= 0.3 is 0 Å². The first kappa shape index (κ1) is 12.5. The summed E-state index contributed by atoms with van der Waals surface area (Å²) in [5.41, 5.74) is 1.47. The lowest BCUT2D eigenvalue weighted by molar-refractivity contribution is -0.127. The molecule has 0 aliphatic rings. The van der Waals surface area contributed by atoms with Gasteiger partial charge in [0.1, 0.15) is 5.82 Å². The second-order valence-corrected chi connectivity index (χ2v) is 3.78. The van der Waals surface area contributed by atoms with Gasteiger partial charge in [0.15, 0.2) is 0 Å². The Balaban J connectivity index is 2.58. The van der Waals surface area contributed by atoms with Crippen LogP contribution < -0.4 is 5.32 Å². The van der Waals surface area contributed by atoms with Crippen LogP contribution in [0.4, 0.5) is 10.1 Å². The van der Waals surface area contributed by atoms with Crippen LogP contribution in [0.5, 0.6) is 0 Å². The third kappa shape index (κ3) is 3.53. The summed E-state index contributed by atoms with van der Waals surface area (Å²) in [5, 5.41) is 2.91. The van der Waals surface area contributed by atoms with E-state index >= 15 is 0 Å². The Kier molecular flexibility index (Phi) is 4.28. The van der Waals surface area contributed by atoms with Crippen molar-refractivity contribution >= 4 is 11.6 Å². The van der Waals surface area contributed by atoms with Crippen molar-refractivity contribution in [2.45, 2.75) is 13.8 Å². The first-order chi connectivity index (χ1) is 7.52. The van der Waals surface area contributed by atoms with Crippen molar-refractivity contribution in [2.24, 2.45) is 0 Å². The lowest BCUT2D eigenvalue weighted by Crippen LogP contribution is -2.31. The molecule has 0 bridgehead atoms. The third-order valence-electron chi connectivity index (χ3n) is 2.39. The van der Waals surface area contributed by atoms with Gasteiger partial charge in [0, 0.05) is 19.3 Å². The number of nitrogens with zero attached hydrogens (tertiary/aromatic N) is 1. The van der Waals surface area contributed by atoms with Crippen LogP contribution in [0.3, 0.4) is 0 Å². The zero-order chi connectivity index (χ0) is 12.1. The number of carbonyl (C=O) groups excluding carboxylic acids is 1. The Labute approximate surface area is 95.3 Å². The van der Waals surface area contributed by atoms with E-state index in [0.717, 1.165) is 5.56 Å². The Hall–Kier alpha value is -1.58. The molecular formula is C12H17FN2O. The molecule has 0 heterocycles. The molecule has 16 heavy (non-hydrogen) atoms. The third-order valence-corrected chi connectivity index (χ3v) is 2.39. The summed E-state index contributed by atoms with van der Waals surface area (Å²) in [6, 6.07) is 4.64. The van der Waals surface area contributed by atoms with Crippen LogP contribution in [0.15, 0.2) is 18.2 Å². The Bertz CT molecular complexity index is 359. The maximum Gasteiger partial charge on any atom is 0.241 e. The fourth-order valence-corrected chi connectivity index (χ4v) is 1.33. The Morgan fingerprint density at radius 3 is 2.69 bits per heavy atom. The number of anilines is 1. The van der Waals surface area contributed by atoms with E-state index in [1.165, 1.54) is 12.1 Å². The molecule has 0 fully saturated rings. The molecule has 1 amide bonds. The van der Waals surface area contributed by atoms with Gasteiger partial charge < -0.3 is 10.2 Å². The molecule has 0 aliphatic carbocycles. The fourth-order valence-electron chi connectivity index (χ4n) is 1.33. The van der Waals surface area contributed by atoms with Crippen molar-refractivity contribution in [2.75, 3.05) is 25.5 Å². The highest BCUT2D eigenvalue weighted by atomic mass is 19.1. The highest BCUT2D eigenvalue weighted by Crippen LogP contribution is 2.12. The van der Waals surface area contributed by atoms with Crippen LogP contribution >= 0.6 is 0 Å². The molecule has 0 unspecified atom stereocenters. The van der Waals surface area contributed by atoms with Gasteiger partial charge in [0.2, 0.25) is 5.91 Å². The molecule has 1 aromatic carbocycles. The zero-order valence-corrected chi connectivity index (χ0v) is 9.88. The molecule has 0 saturated heterocycles. The normalized spacial score (nSPS) is 10.0. The van der Waals surface area contributed by atoms with E-state index in [2.05, 4.69) is 5.32 Å². The van der Waals surface area contributed by atoms with Crippen LogP contribution in [0.25, 0.3) is 0 Å². The summed E-state index contributed by atoms with van der Waals surface area (Å²) in [6.07, 6.45) is 0. The number of hydrogen-bond donors (Lipinski definition) is 1. The maximum absolute atomic E-state index is 13.0. The van der Waals surface area contributed by atoms with Gasteiger partial charge in [-0.2, -0.15) is 0 Å². The molecule has 4 heteroatoms. The molecular weight excluding hydrogens is 207 g/mol. The standard InChI is InChI=1S/C12H17FN2O/c1-4-15(3)12(16)8-14-11-6-9(2)5-10(13)7-11/h5-7,14H,4,8H2,1-3H3. The van der Waals surface area contributed by atoms with Crippen molar-refractivity contribution in [3.8, 4) is 0 Å². The molecule has 1 rings (SSSR count). The number of rotatable bonds is 4.